The molecule has 1 aliphatic carbocycles. The number of nitrogens with one attached hydrogen (secondary N) is 2. The highest BCUT2D eigenvalue weighted by Crippen LogP contribution is 2.40. The quantitative estimate of drug-likeness (QED) is 0.209. The van der Waals surface area contributed by atoms with Crippen LogP contribution in [0.25, 0.3) is 11.3 Å². The Hall–Kier alpha value is -4.23. The van der Waals surface area contributed by atoms with Crippen molar-refractivity contribution in [1.82, 2.24) is 15.0 Å². The van der Waals surface area contributed by atoms with Crippen LogP contribution in [0.3, 0.4) is 0 Å². The lowest BCUT2D eigenvalue weighted by Gasteiger charge is -2.27. The molecule has 13 heteroatoms. The van der Waals surface area contributed by atoms with Crippen LogP contribution in [-0.2, 0) is 34.7 Å². The van der Waals surface area contributed by atoms with Gasteiger partial charge in [0.25, 0.3) is 0 Å². The Morgan fingerprint density at radius 1 is 0.867 bits per heavy atom. The molecule has 3 heterocycles. The van der Waals surface area contributed by atoms with Crippen molar-refractivity contribution in [3.63, 3.8) is 0 Å². The maximum absolute atomic E-state index is 13.6. The summed E-state index contributed by atoms with van der Waals surface area (Å²) in [6, 6.07) is 13.3. The molecule has 2 aromatic heterocycles. The SMILES string of the molecule is CC(Nc1nc(C(F)(F)F)ccc1-c1cc(Nc2cccc3c2CC2OC(C)(C)OC2C3)ncn1)c1ccc(C(F)(F)F)cc1. The summed E-state index contributed by atoms with van der Waals surface area (Å²) in [5, 5.41) is 6.26. The van der Waals surface area contributed by atoms with E-state index in [9.17, 15) is 26.3 Å². The van der Waals surface area contributed by atoms with Gasteiger partial charge in [-0.3, -0.25) is 0 Å². The van der Waals surface area contributed by atoms with Crippen LogP contribution in [0, 0.1) is 0 Å². The molecule has 4 aromatic rings. The average molecular weight is 630 g/mol. The first-order valence-electron chi connectivity index (χ1n) is 14.2. The molecule has 3 atom stereocenters. The van der Waals surface area contributed by atoms with Crippen LogP contribution in [-0.4, -0.2) is 32.9 Å². The van der Waals surface area contributed by atoms with Crippen molar-refractivity contribution in [2.45, 2.75) is 70.0 Å². The Morgan fingerprint density at radius 2 is 1.58 bits per heavy atom. The van der Waals surface area contributed by atoms with E-state index in [-0.39, 0.29) is 29.3 Å². The van der Waals surface area contributed by atoms with E-state index < -0.39 is 35.4 Å². The summed E-state index contributed by atoms with van der Waals surface area (Å²) in [5.41, 5.74) is 2.00. The summed E-state index contributed by atoms with van der Waals surface area (Å²) in [7, 11) is 0. The van der Waals surface area contributed by atoms with E-state index in [0.717, 1.165) is 35.0 Å². The van der Waals surface area contributed by atoms with Crippen molar-refractivity contribution in [1.29, 1.82) is 0 Å². The Bertz CT molecular complexity index is 1710. The molecule has 2 aromatic carbocycles. The minimum absolute atomic E-state index is 0.0449. The van der Waals surface area contributed by atoms with Gasteiger partial charge in [-0.2, -0.15) is 26.3 Å². The number of hydrogen-bond donors (Lipinski definition) is 2. The zero-order valence-corrected chi connectivity index (χ0v) is 24.4. The average Bonchev–Trinajstić information content (AvgIpc) is 3.28. The maximum Gasteiger partial charge on any atom is 0.433 e. The summed E-state index contributed by atoms with van der Waals surface area (Å²) >= 11 is 0. The number of nitrogens with zero attached hydrogens (tertiary/aromatic N) is 3. The van der Waals surface area contributed by atoms with Crippen molar-refractivity contribution in [2.75, 3.05) is 10.6 Å². The van der Waals surface area contributed by atoms with Gasteiger partial charge in [-0.15, -0.1) is 0 Å². The number of benzene rings is 2. The largest absolute Gasteiger partial charge is 0.433 e. The van der Waals surface area contributed by atoms with Crippen LogP contribution in [0.5, 0.6) is 0 Å². The fourth-order valence-electron chi connectivity index (χ4n) is 5.75. The summed E-state index contributed by atoms with van der Waals surface area (Å²) in [4.78, 5) is 12.5. The second kappa shape index (κ2) is 11.3. The second-order valence-electron chi connectivity index (χ2n) is 11.6. The van der Waals surface area contributed by atoms with Gasteiger partial charge in [-0.05, 0) is 67.8 Å². The zero-order chi connectivity index (χ0) is 32.1. The zero-order valence-electron chi connectivity index (χ0n) is 24.4. The van der Waals surface area contributed by atoms with Crippen LogP contribution in [0.15, 0.2) is 67.0 Å². The standard InChI is InChI=1S/C32H29F6N5O2/c1-17(18-7-9-20(10-8-18)31(33,34)35)41-29-21(11-12-27(43-29)32(36,37)38)24-15-28(40-16-39-24)42-23-6-4-5-19-13-25-26(14-22(19)23)45-30(2,3)44-25/h4-12,15-17,25-26H,13-14H2,1-3H3,(H,41,43)(H,39,40,42). The highest BCUT2D eigenvalue weighted by molar-refractivity contribution is 5.75. The topological polar surface area (TPSA) is 81.2 Å². The molecule has 236 valence electrons. The predicted octanol–water partition coefficient (Wildman–Crippen LogP) is 8.11. The third-order valence-electron chi connectivity index (χ3n) is 7.87. The van der Waals surface area contributed by atoms with Gasteiger partial charge >= 0.3 is 12.4 Å². The number of fused-ring (bicyclic) bond motifs is 2. The lowest BCUT2D eigenvalue weighted by Crippen LogP contribution is -2.32. The van der Waals surface area contributed by atoms with E-state index in [0.29, 0.717) is 24.2 Å². The van der Waals surface area contributed by atoms with Crippen LogP contribution < -0.4 is 10.6 Å². The number of ether oxygens (including phenoxy) is 2. The number of pyridine rings is 1. The van der Waals surface area contributed by atoms with Crippen LogP contribution >= 0.6 is 0 Å². The monoisotopic (exact) mass is 629 g/mol. The van der Waals surface area contributed by atoms with Gasteiger partial charge in [-0.1, -0.05) is 24.3 Å². The molecule has 0 bridgehead atoms. The Labute approximate surface area is 255 Å². The molecule has 3 unspecified atom stereocenters. The molecule has 2 aliphatic rings. The van der Waals surface area contributed by atoms with Gasteiger partial charge in [-0.25, -0.2) is 15.0 Å². The molecule has 2 N–H and O–H groups in total. The third kappa shape index (κ3) is 6.59. The van der Waals surface area contributed by atoms with Crippen molar-refractivity contribution in [2.24, 2.45) is 0 Å². The first kappa shape index (κ1) is 30.8. The Morgan fingerprint density at radius 3 is 2.27 bits per heavy atom. The summed E-state index contributed by atoms with van der Waals surface area (Å²) < 4.78 is 92.2. The fourth-order valence-corrected chi connectivity index (χ4v) is 5.75. The second-order valence-corrected chi connectivity index (χ2v) is 11.6. The highest BCUT2D eigenvalue weighted by Gasteiger charge is 2.44. The summed E-state index contributed by atoms with van der Waals surface area (Å²) in [6.45, 7) is 5.40. The molecular formula is C32H29F6N5O2. The molecule has 45 heavy (non-hydrogen) atoms. The maximum atomic E-state index is 13.6. The molecule has 1 saturated heterocycles. The molecule has 1 aliphatic heterocycles. The van der Waals surface area contributed by atoms with Gasteiger partial charge < -0.3 is 20.1 Å². The van der Waals surface area contributed by atoms with Gasteiger partial charge in [0.15, 0.2) is 5.79 Å². The van der Waals surface area contributed by atoms with E-state index >= 15 is 0 Å². The van der Waals surface area contributed by atoms with Crippen LogP contribution in [0.2, 0.25) is 0 Å². The number of alkyl halides is 6. The minimum Gasteiger partial charge on any atom is -0.363 e. The van der Waals surface area contributed by atoms with Gasteiger partial charge in [0.1, 0.15) is 23.7 Å². The van der Waals surface area contributed by atoms with Crippen molar-refractivity contribution in [3.8, 4) is 11.3 Å². The van der Waals surface area contributed by atoms with Gasteiger partial charge in [0.05, 0.1) is 23.5 Å². The van der Waals surface area contributed by atoms with Crippen molar-refractivity contribution >= 4 is 17.3 Å². The number of rotatable bonds is 6. The highest BCUT2D eigenvalue weighted by atomic mass is 19.4. The van der Waals surface area contributed by atoms with Crippen LogP contribution in [0.4, 0.5) is 43.7 Å². The number of halogens is 6. The van der Waals surface area contributed by atoms with E-state index in [2.05, 4.69) is 25.6 Å². The van der Waals surface area contributed by atoms with Crippen molar-refractivity contribution in [3.05, 3.63) is 94.9 Å². The smallest absolute Gasteiger partial charge is 0.363 e. The van der Waals surface area contributed by atoms with Gasteiger partial charge in [0.2, 0.25) is 0 Å². The number of hydrogen-bond acceptors (Lipinski definition) is 7. The van der Waals surface area contributed by atoms with E-state index in [1.165, 1.54) is 24.5 Å². The molecular weight excluding hydrogens is 600 g/mol. The third-order valence-corrected chi connectivity index (χ3v) is 7.87. The number of anilines is 3. The lowest BCUT2D eigenvalue weighted by atomic mass is 9.86. The van der Waals surface area contributed by atoms with Crippen LogP contribution in [0.1, 0.15) is 54.8 Å². The van der Waals surface area contributed by atoms with E-state index in [4.69, 9.17) is 9.47 Å². The number of aromatic nitrogens is 3. The summed E-state index contributed by atoms with van der Waals surface area (Å²) in [5.74, 6) is -0.398. The predicted molar refractivity (Wildman–Crippen MR) is 155 cm³/mol. The molecule has 6 rings (SSSR count). The minimum atomic E-state index is -4.72. The molecule has 0 amide bonds. The normalized spacial score (nSPS) is 19.8. The van der Waals surface area contributed by atoms with Crippen molar-refractivity contribution < 1.29 is 35.8 Å². The van der Waals surface area contributed by atoms with E-state index in [1.54, 1.807) is 13.0 Å². The molecule has 0 saturated carbocycles. The summed E-state index contributed by atoms with van der Waals surface area (Å²) in [6.07, 6.45) is -6.77. The Balaban J connectivity index is 1.29. The van der Waals surface area contributed by atoms with E-state index in [1.807, 2.05) is 32.0 Å². The molecule has 0 radical (unpaired) electrons. The molecule has 7 nitrogen and oxygen atoms in total. The first-order valence-corrected chi connectivity index (χ1v) is 14.2. The fraction of sp³-hybridized carbons (Fsp3) is 0.344. The lowest BCUT2D eigenvalue weighted by molar-refractivity contribution is -0.145. The molecule has 1 fully saturated rings. The Kier molecular flexibility index (Phi) is 7.72. The van der Waals surface area contributed by atoms with Gasteiger partial charge in [0, 0.05) is 36.2 Å². The first-order chi connectivity index (χ1) is 21.2. The molecule has 0 spiro atoms.